The number of ether oxygens (including phenoxy) is 1. The number of aromatic nitrogens is 1. The van der Waals surface area contributed by atoms with Crippen LogP contribution in [0.15, 0.2) is 23.1 Å². The van der Waals surface area contributed by atoms with Gasteiger partial charge in [0.2, 0.25) is 11.5 Å². The topological polar surface area (TPSA) is 72.4 Å². The third kappa shape index (κ3) is 2.77. The number of rotatable bonds is 3. The second kappa shape index (κ2) is 5.32. The average Bonchev–Trinajstić information content (AvgIpc) is 2.82. The minimum Gasteiger partial charge on any atom is -0.380 e. The molecule has 2 unspecified atom stereocenters. The number of nitrogens with one attached hydrogen (secondary N) is 2. The molecule has 2 rings (SSSR count). The van der Waals surface area contributed by atoms with Gasteiger partial charge in [0.1, 0.15) is 0 Å². The highest BCUT2D eigenvalue weighted by Gasteiger charge is 2.29. The predicted octanol–water partition coefficient (Wildman–Crippen LogP) is -0.299. The van der Waals surface area contributed by atoms with E-state index in [1.807, 2.05) is 0 Å². The molecule has 2 atom stereocenters. The fourth-order valence-electron chi connectivity index (χ4n) is 1.98. The molecule has 6 heteroatoms. The van der Waals surface area contributed by atoms with Gasteiger partial charge in [-0.1, -0.05) is 0 Å². The van der Waals surface area contributed by atoms with Crippen molar-refractivity contribution >= 4 is 11.6 Å². The minimum atomic E-state index is -0.243. The highest BCUT2D eigenvalue weighted by atomic mass is 16.5. The van der Waals surface area contributed by atoms with Crippen LogP contribution in [0.25, 0.3) is 0 Å². The van der Waals surface area contributed by atoms with Crippen molar-refractivity contribution in [3.63, 3.8) is 0 Å². The van der Waals surface area contributed by atoms with Gasteiger partial charge in [0.25, 0.3) is 0 Å². The molecule has 1 aliphatic heterocycles. The molecule has 98 valence electrons. The van der Waals surface area contributed by atoms with Crippen LogP contribution in [0.1, 0.15) is 6.42 Å². The van der Waals surface area contributed by atoms with Crippen molar-refractivity contribution < 1.29 is 9.53 Å². The fraction of sp³-hybridized carbons (Fsp3) is 0.500. The van der Waals surface area contributed by atoms with Gasteiger partial charge in [-0.05, 0) is 12.5 Å². The zero-order valence-corrected chi connectivity index (χ0v) is 10.5. The van der Waals surface area contributed by atoms with Crippen LogP contribution in [-0.2, 0) is 16.6 Å². The van der Waals surface area contributed by atoms with Gasteiger partial charge in [-0.3, -0.25) is 9.59 Å². The lowest BCUT2D eigenvalue weighted by molar-refractivity contribution is -0.118. The predicted molar refractivity (Wildman–Crippen MR) is 67.5 cm³/mol. The molecule has 1 aromatic rings. The van der Waals surface area contributed by atoms with Gasteiger partial charge >= 0.3 is 0 Å². The van der Waals surface area contributed by atoms with Gasteiger partial charge in [0.15, 0.2) is 0 Å². The average molecular weight is 251 g/mol. The minimum absolute atomic E-state index is 0.0841. The van der Waals surface area contributed by atoms with Crippen LogP contribution in [0.4, 0.5) is 5.69 Å². The van der Waals surface area contributed by atoms with E-state index in [1.54, 1.807) is 26.4 Å². The lowest BCUT2D eigenvalue weighted by atomic mass is 10.2. The van der Waals surface area contributed by atoms with Crippen molar-refractivity contribution in [1.29, 1.82) is 0 Å². The van der Waals surface area contributed by atoms with Crippen LogP contribution in [-0.4, -0.2) is 36.3 Å². The maximum atomic E-state index is 12.0. The molecule has 6 nitrogen and oxygen atoms in total. The number of hydrogen-bond donors (Lipinski definition) is 2. The highest BCUT2D eigenvalue weighted by molar-refractivity contribution is 5.94. The first kappa shape index (κ1) is 12.8. The Morgan fingerprint density at radius 1 is 1.56 bits per heavy atom. The van der Waals surface area contributed by atoms with Crippen molar-refractivity contribution in [3.05, 3.63) is 28.7 Å². The molecule has 0 saturated carbocycles. The van der Waals surface area contributed by atoms with Gasteiger partial charge < -0.3 is 19.9 Å². The smallest absolute Gasteiger partial charge is 0.250 e. The Bertz CT molecular complexity index is 498. The van der Waals surface area contributed by atoms with Crippen LogP contribution < -0.4 is 16.2 Å². The van der Waals surface area contributed by atoms with Crippen LogP contribution in [0.5, 0.6) is 0 Å². The van der Waals surface area contributed by atoms with Crippen LogP contribution in [0, 0.1) is 0 Å². The molecule has 1 fully saturated rings. The zero-order chi connectivity index (χ0) is 13.1. The summed E-state index contributed by atoms with van der Waals surface area (Å²) in [7, 11) is 3.28. The highest BCUT2D eigenvalue weighted by Crippen LogP contribution is 2.12. The summed E-state index contributed by atoms with van der Waals surface area (Å²) < 4.78 is 6.61. The Balaban J connectivity index is 1.99. The van der Waals surface area contributed by atoms with Crippen molar-refractivity contribution in [1.82, 2.24) is 9.88 Å². The standard InChI is InChI=1S/C12H17N3O3/c1-15-7-8(3-4-11(15)16)14-12(17)10-5-9(18-2)6-13-10/h3-4,7,9-10,13H,5-6H2,1-2H3,(H,14,17). The fourth-order valence-corrected chi connectivity index (χ4v) is 1.98. The summed E-state index contributed by atoms with van der Waals surface area (Å²) in [6, 6.07) is 2.78. The Morgan fingerprint density at radius 3 is 2.94 bits per heavy atom. The van der Waals surface area contributed by atoms with Crippen LogP contribution in [0.3, 0.4) is 0 Å². The van der Waals surface area contributed by atoms with Gasteiger partial charge in [-0.25, -0.2) is 0 Å². The number of carbonyl (C=O) groups excluding carboxylic acids is 1. The first-order chi connectivity index (χ1) is 8.60. The van der Waals surface area contributed by atoms with E-state index in [0.717, 1.165) is 0 Å². The Labute approximate surface area is 105 Å². The molecule has 1 saturated heterocycles. The Morgan fingerprint density at radius 2 is 2.33 bits per heavy atom. The zero-order valence-electron chi connectivity index (χ0n) is 10.5. The Hall–Kier alpha value is -1.66. The normalized spacial score (nSPS) is 23.0. The lowest BCUT2D eigenvalue weighted by Gasteiger charge is -2.11. The number of pyridine rings is 1. The molecule has 1 amide bonds. The number of hydrogen-bond acceptors (Lipinski definition) is 4. The monoisotopic (exact) mass is 251 g/mol. The number of methoxy groups -OCH3 is 1. The molecular formula is C12H17N3O3. The maximum Gasteiger partial charge on any atom is 0.250 e. The van der Waals surface area contributed by atoms with Crippen molar-refractivity contribution in [2.24, 2.45) is 7.05 Å². The van der Waals surface area contributed by atoms with Crippen molar-refractivity contribution in [2.75, 3.05) is 19.0 Å². The van der Waals surface area contributed by atoms with Crippen molar-refractivity contribution in [2.45, 2.75) is 18.6 Å². The summed E-state index contributed by atoms with van der Waals surface area (Å²) in [5.41, 5.74) is 0.510. The quantitative estimate of drug-likeness (QED) is 0.773. The maximum absolute atomic E-state index is 12.0. The molecule has 0 bridgehead atoms. The summed E-state index contributed by atoms with van der Waals surface area (Å²) in [6.45, 7) is 0.682. The van der Waals surface area contributed by atoms with E-state index in [4.69, 9.17) is 4.74 Å². The number of anilines is 1. The molecule has 0 aromatic carbocycles. The molecule has 0 aliphatic carbocycles. The number of amides is 1. The third-order valence-corrected chi connectivity index (χ3v) is 3.09. The third-order valence-electron chi connectivity index (χ3n) is 3.09. The summed E-state index contributed by atoms with van der Waals surface area (Å²) >= 11 is 0. The molecule has 1 aliphatic rings. The summed E-state index contributed by atoms with van der Waals surface area (Å²) in [5, 5.41) is 5.88. The van der Waals surface area contributed by atoms with E-state index in [2.05, 4.69) is 10.6 Å². The molecular weight excluding hydrogens is 234 g/mol. The molecule has 1 aromatic heterocycles. The second-order valence-electron chi connectivity index (χ2n) is 4.41. The van der Waals surface area contributed by atoms with E-state index in [-0.39, 0.29) is 23.6 Å². The largest absolute Gasteiger partial charge is 0.380 e. The van der Waals surface area contributed by atoms with E-state index < -0.39 is 0 Å². The van der Waals surface area contributed by atoms with E-state index >= 15 is 0 Å². The van der Waals surface area contributed by atoms with Crippen LogP contribution in [0.2, 0.25) is 0 Å². The van der Waals surface area contributed by atoms with Gasteiger partial charge in [-0.15, -0.1) is 0 Å². The second-order valence-corrected chi connectivity index (χ2v) is 4.41. The first-order valence-electron chi connectivity index (χ1n) is 5.84. The van der Waals surface area contributed by atoms with E-state index in [1.165, 1.54) is 10.6 Å². The van der Waals surface area contributed by atoms with Crippen LogP contribution >= 0.6 is 0 Å². The molecule has 2 N–H and O–H groups in total. The molecule has 18 heavy (non-hydrogen) atoms. The molecule has 2 heterocycles. The van der Waals surface area contributed by atoms with Crippen molar-refractivity contribution in [3.8, 4) is 0 Å². The summed E-state index contributed by atoms with van der Waals surface area (Å²) in [6.07, 6.45) is 2.35. The van der Waals surface area contributed by atoms with Gasteiger partial charge in [0.05, 0.1) is 17.8 Å². The Kier molecular flexibility index (Phi) is 3.78. The van der Waals surface area contributed by atoms with Gasteiger partial charge in [0, 0.05) is 33.0 Å². The SMILES string of the molecule is COC1CNC(C(=O)Nc2ccc(=O)n(C)c2)C1. The lowest BCUT2D eigenvalue weighted by Crippen LogP contribution is -2.35. The summed E-state index contributed by atoms with van der Waals surface area (Å²) in [4.78, 5) is 23.2. The first-order valence-corrected chi connectivity index (χ1v) is 5.84. The van der Waals surface area contributed by atoms with Gasteiger partial charge in [-0.2, -0.15) is 0 Å². The molecule has 0 spiro atoms. The number of aryl methyl sites for hydroxylation is 1. The number of carbonyl (C=O) groups is 1. The van der Waals surface area contributed by atoms with E-state index in [0.29, 0.717) is 18.7 Å². The number of nitrogens with zero attached hydrogens (tertiary/aromatic N) is 1. The van der Waals surface area contributed by atoms with E-state index in [9.17, 15) is 9.59 Å². The summed E-state index contributed by atoms with van der Waals surface area (Å²) in [5.74, 6) is -0.104. The molecule has 0 radical (unpaired) electrons.